The fourth-order valence-corrected chi connectivity index (χ4v) is 2.64. The molecule has 0 bridgehead atoms. The van der Waals surface area contributed by atoms with Crippen LogP contribution in [0.4, 0.5) is 5.69 Å². The van der Waals surface area contributed by atoms with Crippen molar-refractivity contribution in [3.05, 3.63) is 66.2 Å². The number of benzene rings is 3. The van der Waals surface area contributed by atoms with Crippen molar-refractivity contribution in [3.63, 3.8) is 0 Å². The van der Waals surface area contributed by atoms with E-state index < -0.39 is 18.0 Å². The number of hydrogen-bond acceptors (Lipinski definition) is 5. The molecule has 138 valence electrons. The lowest BCUT2D eigenvalue weighted by Crippen LogP contribution is -2.30. The molecule has 0 saturated heterocycles. The van der Waals surface area contributed by atoms with Crippen LogP contribution < -0.4 is 10.1 Å². The Morgan fingerprint density at radius 2 is 1.81 bits per heavy atom. The third-order valence-electron chi connectivity index (χ3n) is 4.11. The van der Waals surface area contributed by atoms with Gasteiger partial charge < -0.3 is 19.9 Å². The molecule has 1 atom stereocenters. The zero-order valence-electron chi connectivity index (χ0n) is 14.9. The Bertz CT molecular complexity index is 999. The third kappa shape index (κ3) is 4.00. The largest absolute Gasteiger partial charge is 0.506 e. The molecule has 0 aliphatic heterocycles. The number of esters is 1. The molecule has 0 unspecified atom stereocenters. The predicted octanol–water partition coefficient (Wildman–Crippen LogP) is 3.74. The Morgan fingerprint density at radius 3 is 2.59 bits per heavy atom. The first-order valence-corrected chi connectivity index (χ1v) is 8.36. The number of anilines is 1. The molecule has 1 amide bonds. The maximum absolute atomic E-state index is 12.4. The minimum atomic E-state index is -1.05. The number of ether oxygens (including phenoxy) is 2. The first kappa shape index (κ1) is 18.3. The average Bonchev–Trinajstić information content (AvgIpc) is 2.68. The number of carbonyl (C=O) groups is 2. The van der Waals surface area contributed by atoms with Crippen molar-refractivity contribution in [2.75, 3.05) is 12.4 Å². The lowest BCUT2D eigenvalue weighted by Gasteiger charge is -2.15. The molecule has 3 aromatic rings. The molecule has 6 heteroatoms. The van der Waals surface area contributed by atoms with Crippen LogP contribution in [0, 0.1) is 0 Å². The molecule has 6 nitrogen and oxygen atoms in total. The normalized spacial score (nSPS) is 11.6. The molecule has 0 saturated carbocycles. The van der Waals surface area contributed by atoms with Crippen molar-refractivity contribution in [2.24, 2.45) is 0 Å². The highest BCUT2D eigenvalue weighted by atomic mass is 16.5. The zero-order chi connectivity index (χ0) is 19.4. The molecule has 27 heavy (non-hydrogen) atoms. The quantitative estimate of drug-likeness (QED) is 0.673. The lowest BCUT2D eigenvalue weighted by atomic mass is 10.1. The van der Waals surface area contributed by atoms with Gasteiger partial charge in [-0.25, -0.2) is 4.79 Å². The van der Waals surface area contributed by atoms with Gasteiger partial charge in [0, 0.05) is 17.1 Å². The number of rotatable bonds is 5. The summed E-state index contributed by atoms with van der Waals surface area (Å²) in [5.41, 5.74) is 0.533. The molecular formula is C21H19NO5. The summed E-state index contributed by atoms with van der Waals surface area (Å²) in [6.07, 6.45) is -1.05. The van der Waals surface area contributed by atoms with Gasteiger partial charge in [0.2, 0.25) is 0 Å². The van der Waals surface area contributed by atoms with E-state index in [1.54, 1.807) is 42.5 Å². The van der Waals surface area contributed by atoms with Crippen molar-refractivity contribution in [3.8, 4) is 11.5 Å². The Hall–Kier alpha value is -3.54. The fourth-order valence-electron chi connectivity index (χ4n) is 2.64. The molecule has 3 rings (SSSR count). The molecule has 0 aromatic heterocycles. The van der Waals surface area contributed by atoms with E-state index in [1.807, 2.05) is 12.1 Å². The van der Waals surface area contributed by atoms with E-state index in [2.05, 4.69) is 5.32 Å². The minimum absolute atomic E-state index is 0.00901. The monoisotopic (exact) mass is 365 g/mol. The summed E-state index contributed by atoms with van der Waals surface area (Å²) < 4.78 is 10.3. The summed E-state index contributed by atoms with van der Waals surface area (Å²) >= 11 is 0. The van der Waals surface area contributed by atoms with Crippen molar-refractivity contribution in [1.82, 2.24) is 0 Å². The van der Waals surface area contributed by atoms with Gasteiger partial charge in [0.05, 0.1) is 7.11 Å². The second-order valence-corrected chi connectivity index (χ2v) is 5.95. The van der Waals surface area contributed by atoms with Crippen LogP contribution in [0.5, 0.6) is 11.5 Å². The number of phenolic OH excluding ortho intramolecular Hbond substituents is 1. The van der Waals surface area contributed by atoms with Crippen molar-refractivity contribution in [2.45, 2.75) is 13.0 Å². The molecular weight excluding hydrogens is 346 g/mol. The number of hydrogen-bond donors (Lipinski definition) is 2. The number of aromatic hydroxyl groups is 1. The number of carbonyl (C=O) groups excluding carboxylic acids is 2. The van der Waals surface area contributed by atoms with Crippen LogP contribution in [0.3, 0.4) is 0 Å². The van der Waals surface area contributed by atoms with E-state index in [0.717, 1.165) is 5.39 Å². The van der Waals surface area contributed by atoms with E-state index >= 15 is 0 Å². The van der Waals surface area contributed by atoms with E-state index in [4.69, 9.17) is 9.47 Å². The molecule has 2 N–H and O–H groups in total. The summed E-state index contributed by atoms with van der Waals surface area (Å²) in [6.45, 7) is 1.46. The van der Waals surface area contributed by atoms with Crippen LogP contribution in [-0.4, -0.2) is 30.2 Å². The van der Waals surface area contributed by atoms with Crippen molar-refractivity contribution in [1.29, 1.82) is 0 Å². The Morgan fingerprint density at radius 1 is 1.04 bits per heavy atom. The Labute approximate surface area is 156 Å². The predicted molar refractivity (Wildman–Crippen MR) is 102 cm³/mol. The topological polar surface area (TPSA) is 84.9 Å². The number of methoxy groups -OCH3 is 1. The van der Waals surface area contributed by atoms with Crippen LogP contribution in [0.25, 0.3) is 10.8 Å². The molecule has 0 fully saturated rings. The molecule has 0 aliphatic rings. The highest BCUT2D eigenvalue weighted by Gasteiger charge is 2.22. The van der Waals surface area contributed by atoms with Crippen LogP contribution in [-0.2, 0) is 9.53 Å². The third-order valence-corrected chi connectivity index (χ3v) is 4.11. The summed E-state index contributed by atoms with van der Waals surface area (Å²) in [7, 11) is 1.53. The smallest absolute Gasteiger partial charge is 0.342 e. The van der Waals surface area contributed by atoms with Gasteiger partial charge in [-0.2, -0.15) is 0 Å². The second-order valence-electron chi connectivity index (χ2n) is 5.95. The molecule has 3 aromatic carbocycles. The molecule has 0 heterocycles. The summed E-state index contributed by atoms with van der Waals surface area (Å²) in [6, 6.07) is 17.2. The van der Waals surface area contributed by atoms with Crippen molar-refractivity contribution >= 4 is 28.3 Å². The highest BCUT2D eigenvalue weighted by molar-refractivity contribution is 6.02. The average molecular weight is 365 g/mol. The number of phenols is 1. The molecule has 0 spiro atoms. The first-order valence-electron chi connectivity index (χ1n) is 8.36. The summed E-state index contributed by atoms with van der Waals surface area (Å²) in [5, 5.41) is 14.4. The Kier molecular flexibility index (Phi) is 5.26. The summed E-state index contributed by atoms with van der Waals surface area (Å²) in [5.74, 6) is -0.833. The standard InChI is InChI=1S/C21H19NO5/c1-13(20(24)22-15-7-5-8-16(12-15)26-2)27-21(25)18-11-10-14-6-3-4-9-17(14)19(18)23/h3-13,23H,1-2H3,(H,22,24)/t13-/m1/s1. The highest BCUT2D eigenvalue weighted by Crippen LogP contribution is 2.29. The van der Waals surface area contributed by atoms with Gasteiger partial charge >= 0.3 is 5.97 Å². The maximum Gasteiger partial charge on any atom is 0.342 e. The Balaban J connectivity index is 1.71. The van der Waals surface area contributed by atoms with Gasteiger partial charge in [-0.1, -0.05) is 36.4 Å². The molecule has 0 aliphatic carbocycles. The van der Waals surface area contributed by atoms with Crippen LogP contribution in [0.15, 0.2) is 60.7 Å². The molecule has 0 radical (unpaired) electrons. The van der Waals surface area contributed by atoms with Gasteiger partial charge in [0.15, 0.2) is 6.10 Å². The van der Waals surface area contributed by atoms with Gasteiger partial charge in [-0.05, 0) is 30.5 Å². The van der Waals surface area contributed by atoms with E-state index in [1.165, 1.54) is 20.1 Å². The van der Waals surface area contributed by atoms with Gasteiger partial charge in [-0.15, -0.1) is 0 Å². The SMILES string of the molecule is COc1cccc(NC(=O)[C@@H](C)OC(=O)c2ccc3ccccc3c2O)c1. The lowest BCUT2D eigenvalue weighted by molar-refractivity contribution is -0.123. The fraction of sp³-hybridized carbons (Fsp3) is 0.143. The minimum Gasteiger partial charge on any atom is -0.506 e. The number of fused-ring (bicyclic) bond motifs is 1. The number of amides is 1. The van der Waals surface area contributed by atoms with E-state index in [-0.39, 0.29) is 11.3 Å². The van der Waals surface area contributed by atoms with Gasteiger partial charge in [-0.3, -0.25) is 4.79 Å². The van der Waals surface area contributed by atoms with Crippen LogP contribution in [0.1, 0.15) is 17.3 Å². The van der Waals surface area contributed by atoms with Gasteiger partial charge in [0.1, 0.15) is 17.1 Å². The van der Waals surface area contributed by atoms with E-state index in [0.29, 0.717) is 16.8 Å². The number of nitrogens with one attached hydrogen (secondary N) is 1. The second kappa shape index (κ2) is 7.78. The van der Waals surface area contributed by atoms with Gasteiger partial charge in [0.25, 0.3) is 5.91 Å². The maximum atomic E-state index is 12.4. The first-order chi connectivity index (χ1) is 13.0. The zero-order valence-corrected chi connectivity index (χ0v) is 14.9. The van der Waals surface area contributed by atoms with Crippen molar-refractivity contribution < 1.29 is 24.2 Å². The van der Waals surface area contributed by atoms with Crippen LogP contribution >= 0.6 is 0 Å². The van der Waals surface area contributed by atoms with Crippen LogP contribution in [0.2, 0.25) is 0 Å². The summed E-state index contributed by atoms with van der Waals surface area (Å²) in [4.78, 5) is 24.7. The van der Waals surface area contributed by atoms with E-state index in [9.17, 15) is 14.7 Å².